The lowest BCUT2D eigenvalue weighted by Gasteiger charge is -2.29. The van der Waals surface area contributed by atoms with Crippen molar-refractivity contribution in [2.24, 2.45) is 5.92 Å². The number of halogens is 3. The Morgan fingerprint density at radius 2 is 2.24 bits per heavy atom. The van der Waals surface area contributed by atoms with E-state index in [1.807, 2.05) is 6.92 Å². The van der Waals surface area contributed by atoms with Crippen molar-refractivity contribution in [2.45, 2.75) is 25.6 Å². The highest BCUT2D eigenvalue weighted by molar-refractivity contribution is 5.45. The van der Waals surface area contributed by atoms with Gasteiger partial charge < -0.3 is 10.1 Å². The molecule has 0 aliphatic carbocycles. The van der Waals surface area contributed by atoms with Crippen LogP contribution in [0.5, 0.6) is 5.75 Å². The summed E-state index contributed by atoms with van der Waals surface area (Å²) >= 11 is 0. The Balaban J connectivity index is 2.32. The Morgan fingerprint density at radius 1 is 1.52 bits per heavy atom. The minimum absolute atomic E-state index is 0.0911. The van der Waals surface area contributed by atoms with Crippen LogP contribution in [0.25, 0.3) is 0 Å². The number of pyridine rings is 1. The quantitative estimate of drug-likeness (QED) is 0.685. The summed E-state index contributed by atoms with van der Waals surface area (Å²) in [7, 11) is 0. The van der Waals surface area contributed by atoms with Crippen LogP contribution in [0.3, 0.4) is 0 Å². The van der Waals surface area contributed by atoms with Crippen molar-refractivity contribution < 1.29 is 22.8 Å². The third kappa shape index (κ3) is 3.60. The predicted molar refractivity (Wildman–Crippen MR) is 67.0 cm³/mol. The Morgan fingerprint density at radius 3 is 2.81 bits per heavy atom. The largest absolute Gasteiger partial charge is 0.482 e. The molecule has 9 heteroatoms. The minimum Gasteiger partial charge on any atom is -0.482 e. The molecule has 1 saturated heterocycles. The van der Waals surface area contributed by atoms with Gasteiger partial charge in [0.2, 0.25) is 5.75 Å². The Hall–Kier alpha value is -1.90. The van der Waals surface area contributed by atoms with Gasteiger partial charge in [-0.05, 0) is 18.9 Å². The number of hydrogen-bond donors (Lipinski definition) is 1. The summed E-state index contributed by atoms with van der Waals surface area (Å²) in [6, 6.07) is 0.583. The van der Waals surface area contributed by atoms with E-state index in [1.54, 1.807) is 0 Å². The van der Waals surface area contributed by atoms with E-state index < -0.39 is 34.3 Å². The van der Waals surface area contributed by atoms with Crippen LogP contribution in [0.1, 0.15) is 19.0 Å². The van der Waals surface area contributed by atoms with E-state index in [0.717, 1.165) is 13.0 Å². The molecule has 1 aromatic rings. The SMILES string of the molecule is CC1CCNCC1Oc1cc(C(F)(F)F)ncc1[N+](=O)[O-]. The molecule has 2 heterocycles. The molecule has 2 atom stereocenters. The topological polar surface area (TPSA) is 77.3 Å². The van der Waals surface area contributed by atoms with E-state index >= 15 is 0 Å². The summed E-state index contributed by atoms with van der Waals surface area (Å²) in [4.78, 5) is 13.2. The van der Waals surface area contributed by atoms with E-state index in [-0.39, 0.29) is 5.92 Å². The maximum atomic E-state index is 12.7. The van der Waals surface area contributed by atoms with Gasteiger partial charge in [-0.15, -0.1) is 0 Å². The van der Waals surface area contributed by atoms with Gasteiger partial charge in [0.15, 0.2) is 0 Å². The summed E-state index contributed by atoms with van der Waals surface area (Å²) in [5.74, 6) is -0.309. The van der Waals surface area contributed by atoms with Crippen LogP contribution in [0.2, 0.25) is 0 Å². The van der Waals surface area contributed by atoms with Gasteiger partial charge >= 0.3 is 11.9 Å². The third-order valence-corrected chi connectivity index (χ3v) is 3.37. The van der Waals surface area contributed by atoms with Crippen molar-refractivity contribution in [3.63, 3.8) is 0 Å². The van der Waals surface area contributed by atoms with Gasteiger partial charge in [-0.3, -0.25) is 10.1 Å². The van der Waals surface area contributed by atoms with Crippen LogP contribution < -0.4 is 10.1 Å². The summed E-state index contributed by atoms with van der Waals surface area (Å²) in [6.45, 7) is 3.11. The fourth-order valence-electron chi connectivity index (χ4n) is 2.10. The van der Waals surface area contributed by atoms with Crippen molar-refractivity contribution >= 4 is 5.69 Å². The average Bonchev–Trinajstić information content (AvgIpc) is 2.40. The molecule has 0 aromatic carbocycles. The summed E-state index contributed by atoms with van der Waals surface area (Å²) in [6.07, 6.45) is -3.72. The van der Waals surface area contributed by atoms with E-state index in [9.17, 15) is 23.3 Å². The molecule has 1 N–H and O–H groups in total. The molecule has 0 spiro atoms. The smallest absolute Gasteiger partial charge is 0.433 e. The first kappa shape index (κ1) is 15.5. The molecule has 1 aromatic heterocycles. The van der Waals surface area contributed by atoms with Gasteiger partial charge in [0, 0.05) is 12.6 Å². The molecule has 116 valence electrons. The number of nitrogens with zero attached hydrogens (tertiary/aromatic N) is 2. The van der Waals surface area contributed by atoms with Gasteiger partial charge in [0.25, 0.3) is 0 Å². The van der Waals surface area contributed by atoms with Crippen molar-refractivity contribution in [3.05, 3.63) is 28.1 Å². The number of nitro groups is 1. The molecule has 0 radical (unpaired) electrons. The van der Waals surface area contributed by atoms with Crippen molar-refractivity contribution in [3.8, 4) is 5.75 Å². The summed E-state index contributed by atoms with van der Waals surface area (Å²) < 4.78 is 43.4. The maximum absolute atomic E-state index is 12.7. The van der Waals surface area contributed by atoms with E-state index in [0.29, 0.717) is 18.8 Å². The first-order valence-corrected chi connectivity index (χ1v) is 6.38. The molecule has 0 saturated carbocycles. The molecule has 2 rings (SSSR count). The standard InChI is InChI=1S/C12H14F3N3O3/c1-7-2-3-16-6-10(7)21-9-4-11(12(13,14)15)17-5-8(9)18(19)20/h4-5,7,10,16H,2-3,6H2,1H3. The minimum atomic E-state index is -4.68. The maximum Gasteiger partial charge on any atom is 0.433 e. The molecule has 1 aliphatic rings. The highest BCUT2D eigenvalue weighted by Gasteiger charge is 2.35. The fourth-order valence-corrected chi connectivity index (χ4v) is 2.10. The van der Waals surface area contributed by atoms with Crippen LogP contribution in [0, 0.1) is 16.0 Å². The van der Waals surface area contributed by atoms with Gasteiger partial charge in [0.1, 0.15) is 18.0 Å². The van der Waals surface area contributed by atoms with Crippen LogP contribution in [0.15, 0.2) is 12.3 Å². The van der Waals surface area contributed by atoms with Crippen molar-refractivity contribution in [1.82, 2.24) is 10.3 Å². The monoisotopic (exact) mass is 305 g/mol. The van der Waals surface area contributed by atoms with Crippen LogP contribution in [-0.4, -0.2) is 29.1 Å². The van der Waals surface area contributed by atoms with Crippen molar-refractivity contribution in [2.75, 3.05) is 13.1 Å². The number of piperidine rings is 1. The number of rotatable bonds is 3. The number of hydrogen-bond acceptors (Lipinski definition) is 5. The Labute approximate surface area is 118 Å². The van der Waals surface area contributed by atoms with E-state index in [2.05, 4.69) is 10.3 Å². The van der Waals surface area contributed by atoms with E-state index in [4.69, 9.17) is 4.74 Å². The number of aromatic nitrogens is 1. The zero-order chi connectivity index (χ0) is 15.6. The van der Waals surface area contributed by atoms with Crippen LogP contribution in [0.4, 0.5) is 18.9 Å². The van der Waals surface area contributed by atoms with Crippen LogP contribution >= 0.6 is 0 Å². The summed E-state index contributed by atoms with van der Waals surface area (Å²) in [5.41, 5.74) is -1.78. The number of nitrogens with one attached hydrogen (secondary N) is 1. The molecule has 0 amide bonds. The molecule has 21 heavy (non-hydrogen) atoms. The fraction of sp³-hybridized carbons (Fsp3) is 0.583. The first-order chi connectivity index (χ1) is 9.79. The van der Waals surface area contributed by atoms with Gasteiger partial charge in [0.05, 0.1) is 4.92 Å². The normalized spacial score (nSPS) is 22.9. The second-order valence-corrected chi connectivity index (χ2v) is 4.92. The first-order valence-electron chi connectivity index (χ1n) is 6.38. The third-order valence-electron chi connectivity index (χ3n) is 3.37. The van der Waals surface area contributed by atoms with Gasteiger partial charge in [-0.2, -0.15) is 13.2 Å². The lowest BCUT2D eigenvalue weighted by Crippen LogP contribution is -2.42. The highest BCUT2D eigenvalue weighted by Crippen LogP contribution is 2.35. The zero-order valence-corrected chi connectivity index (χ0v) is 11.2. The Bertz CT molecular complexity index is 536. The van der Waals surface area contributed by atoms with Crippen LogP contribution in [-0.2, 0) is 6.18 Å². The Kier molecular flexibility index (Phi) is 4.31. The highest BCUT2D eigenvalue weighted by atomic mass is 19.4. The predicted octanol–water partition coefficient (Wildman–Crippen LogP) is 2.39. The van der Waals surface area contributed by atoms with Gasteiger partial charge in [-0.25, -0.2) is 4.98 Å². The second-order valence-electron chi connectivity index (χ2n) is 4.92. The van der Waals surface area contributed by atoms with Crippen molar-refractivity contribution in [1.29, 1.82) is 0 Å². The summed E-state index contributed by atoms with van der Waals surface area (Å²) in [5, 5.41) is 13.9. The number of ether oxygens (including phenoxy) is 1. The molecule has 1 fully saturated rings. The van der Waals surface area contributed by atoms with E-state index in [1.165, 1.54) is 0 Å². The molecule has 6 nitrogen and oxygen atoms in total. The molecule has 1 aliphatic heterocycles. The molecule has 2 unspecified atom stereocenters. The second kappa shape index (κ2) is 5.84. The van der Waals surface area contributed by atoms with Gasteiger partial charge in [-0.1, -0.05) is 6.92 Å². The average molecular weight is 305 g/mol. The number of alkyl halides is 3. The lowest BCUT2D eigenvalue weighted by molar-refractivity contribution is -0.386. The molecule has 0 bridgehead atoms. The lowest BCUT2D eigenvalue weighted by atomic mass is 9.97. The molecular weight excluding hydrogens is 291 g/mol. The molecular formula is C12H14F3N3O3. The zero-order valence-electron chi connectivity index (χ0n) is 11.2.